The van der Waals surface area contributed by atoms with E-state index in [0.29, 0.717) is 29.9 Å². The number of hydrogen-bond donors (Lipinski definition) is 2. The first-order valence-electron chi connectivity index (χ1n) is 5.19. The third-order valence-electron chi connectivity index (χ3n) is 1.81. The predicted molar refractivity (Wildman–Crippen MR) is 66.2 cm³/mol. The van der Waals surface area contributed by atoms with E-state index in [1.165, 1.54) is 0 Å². The zero-order valence-electron chi connectivity index (χ0n) is 9.75. The summed E-state index contributed by atoms with van der Waals surface area (Å²) >= 11 is 5.94. The molecule has 90 valence electrons. The smallest absolute Gasteiger partial charge is 0.224 e. The molecule has 1 heterocycles. The molecule has 0 aliphatic rings. The van der Waals surface area contributed by atoms with Crippen molar-refractivity contribution in [2.24, 2.45) is 0 Å². The molecular weight excluding hydrogens is 228 g/mol. The molecule has 0 fully saturated rings. The quantitative estimate of drug-likeness (QED) is 0.750. The van der Waals surface area contributed by atoms with Gasteiger partial charge in [0.25, 0.3) is 0 Å². The Morgan fingerprint density at radius 3 is 2.88 bits per heavy atom. The third-order valence-corrected chi connectivity index (χ3v) is 2.09. The minimum atomic E-state index is 0.232. The summed E-state index contributed by atoms with van der Waals surface area (Å²) in [6.45, 7) is 5.28. The lowest BCUT2D eigenvalue weighted by molar-refractivity contribution is 0.0870. The standard InChI is InChI=1S/C10H17ClN4O/c1-7(2)16-5-4-13-9-8(11)6-14-10(12-3)15-9/h6-7H,4-5H2,1-3H3,(H2,12,13,14,15). The van der Waals surface area contributed by atoms with Crippen molar-refractivity contribution < 1.29 is 4.74 Å². The molecule has 0 saturated heterocycles. The van der Waals surface area contributed by atoms with Crippen molar-refractivity contribution in [3.63, 3.8) is 0 Å². The van der Waals surface area contributed by atoms with Crippen LogP contribution in [-0.4, -0.2) is 36.3 Å². The molecule has 0 unspecified atom stereocenters. The van der Waals surface area contributed by atoms with E-state index in [1.807, 2.05) is 13.8 Å². The Morgan fingerprint density at radius 1 is 1.50 bits per heavy atom. The Kier molecular flexibility index (Phi) is 5.28. The Morgan fingerprint density at radius 2 is 2.25 bits per heavy atom. The molecule has 1 aromatic heterocycles. The zero-order chi connectivity index (χ0) is 12.0. The Hall–Kier alpha value is -1.07. The summed E-state index contributed by atoms with van der Waals surface area (Å²) in [5, 5.41) is 6.45. The lowest BCUT2D eigenvalue weighted by atomic mass is 10.5. The first-order valence-corrected chi connectivity index (χ1v) is 5.57. The van der Waals surface area contributed by atoms with Crippen molar-refractivity contribution in [3.8, 4) is 0 Å². The van der Waals surface area contributed by atoms with Gasteiger partial charge in [-0.15, -0.1) is 0 Å². The van der Waals surface area contributed by atoms with Crippen LogP contribution >= 0.6 is 11.6 Å². The van der Waals surface area contributed by atoms with Gasteiger partial charge in [-0.1, -0.05) is 11.6 Å². The maximum absolute atomic E-state index is 5.94. The van der Waals surface area contributed by atoms with Crippen LogP contribution in [0.2, 0.25) is 5.02 Å². The number of hydrogen-bond acceptors (Lipinski definition) is 5. The van der Waals surface area contributed by atoms with Crippen molar-refractivity contribution in [1.82, 2.24) is 9.97 Å². The van der Waals surface area contributed by atoms with Crippen LogP contribution in [0.3, 0.4) is 0 Å². The predicted octanol–water partition coefficient (Wildman–Crippen LogP) is 2.01. The van der Waals surface area contributed by atoms with E-state index in [2.05, 4.69) is 20.6 Å². The van der Waals surface area contributed by atoms with E-state index in [1.54, 1.807) is 13.2 Å². The summed E-state index contributed by atoms with van der Waals surface area (Å²) in [5.41, 5.74) is 0. The van der Waals surface area contributed by atoms with Crippen molar-refractivity contribution in [2.45, 2.75) is 20.0 Å². The second kappa shape index (κ2) is 6.50. The van der Waals surface area contributed by atoms with Gasteiger partial charge in [0, 0.05) is 13.6 Å². The van der Waals surface area contributed by atoms with Gasteiger partial charge in [0.15, 0.2) is 5.82 Å². The number of halogens is 1. The fraction of sp³-hybridized carbons (Fsp3) is 0.600. The molecule has 16 heavy (non-hydrogen) atoms. The van der Waals surface area contributed by atoms with Crippen molar-refractivity contribution in [1.29, 1.82) is 0 Å². The highest BCUT2D eigenvalue weighted by Crippen LogP contribution is 2.18. The Labute approximate surface area is 101 Å². The SMILES string of the molecule is CNc1ncc(Cl)c(NCCOC(C)C)n1. The number of nitrogens with one attached hydrogen (secondary N) is 2. The molecule has 0 aliphatic carbocycles. The minimum Gasteiger partial charge on any atom is -0.377 e. The van der Waals surface area contributed by atoms with E-state index in [-0.39, 0.29) is 6.10 Å². The van der Waals surface area contributed by atoms with E-state index < -0.39 is 0 Å². The van der Waals surface area contributed by atoms with Crippen molar-refractivity contribution in [2.75, 3.05) is 30.8 Å². The van der Waals surface area contributed by atoms with E-state index in [9.17, 15) is 0 Å². The van der Waals surface area contributed by atoms with Crippen LogP contribution in [-0.2, 0) is 4.74 Å². The summed E-state index contributed by atoms with van der Waals surface area (Å²) in [4.78, 5) is 8.18. The normalized spacial score (nSPS) is 10.6. The van der Waals surface area contributed by atoms with Crippen LogP contribution < -0.4 is 10.6 Å². The first kappa shape index (κ1) is 13.0. The molecule has 0 spiro atoms. The van der Waals surface area contributed by atoms with Gasteiger partial charge in [0.1, 0.15) is 5.02 Å². The third kappa shape index (κ3) is 4.20. The molecule has 1 rings (SSSR count). The average molecular weight is 245 g/mol. The molecule has 0 bridgehead atoms. The van der Waals surface area contributed by atoms with Crippen molar-refractivity contribution >= 4 is 23.4 Å². The molecule has 5 nitrogen and oxygen atoms in total. The van der Waals surface area contributed by atoms with Crippen LogP contribution in [0.4, 0.5) is 11.8 Å². The minimum absolute atomic E-state index is 0.232. The van der Waals surface area contributed by atoms with Crippen LogP contribution in [0.1, 0.15) is 13.8 Å². The molecular formula is C10H17ClN4O. The van der Waals surface area contributed by atoms with Gasteiger partial charge in [-0.3, -0.25) is 0 Å². The van der Waals surface area contributed by atoms with Gasteiger partial charge >= 0.3 is 0 Å². The highest BCUT2D eigenvalue weighted by Gasteiger charge is 2.03. The number of nitrogens with zero attached hydrogens (tertiary/aromatic N) is 2. The number of rotatable bonds is 6. The van der Waals surface area contributed by atoms with Gasteiger partial charge in [0.05, 0.1) is 18.9 Å². The van der Waals surface area contributed by atoms with Crippen LogP contribution in [0.5, 0.6) is 0 Å². The molecule has 0 atom stereocenters. The summed E-state index contributed by atoms with van der Waals surface area (Å²) in [6, 6.07) is 0. The van der Waals surface area contributed by atoms with E-state index in [4.69, 9.17) is 16.3 Å². The monoisotopic (exact) mass is 244 g/mol. The first-order chi connectivity index (χ1) is 7.63. The van der Waals surface area contributed by atoms with Gasteiger partial charge in [0.2, 0.25) is 5.95 Å². The second-order valence-electron chi connectivity index (χ2n) is 3.49. The van der Waals surface area contributed by atoms with Gasteiger partial charge < -0.3 is 15.4 Å². The summed E-state index contributed by atoms with van der Waals surface area (Å²) in [7, 11) is 1.76. The van der Waals surface area contributed by atoms with E-state index in [0.717, 1.165) is 0 Å². The topological polar surface area (TPSA) is 59.1 Å². The molecule has 0 saturated carbocycles. The lowest BCUT2D eigenvalue weighted by Gasteiger charge is -2.10. The second-order valence-corrected chi connectivity index (χ2v) is 3.89. The summed E-state index contributed by atoms with van der Waals surface area (Å²) < 4.78 is 5.40. The number of anilines is 2. The highest BCUT2D eigenvalue weighted by atomic mass is 35.5. The lowest BCUT2D eigenvalue weighted by Crippen LogP contribution is -2.14. The zero-order valence-corrected chi connectivity index (χ0v) is 10.5. The summed E-state index contributed by atoms with van der Waals surface area (Å²) in [5.74, 6) is 1.16. The molecule has 2 N–H and O–H groups in total. The average Bonchev–Trinajstić information content (AvgIpc) is 2.26. The largest absolute Gasteiger partial charge is 0.377 e. The molecule has 6 heteroatoms. The van der Waals surface area contributed by atoms with Crippen LogP contribution in [0, 0.1) is 0 Å². The van der Waals surface area contributed by atoms with Crippen LogP contribution in [0.15, 0.2) is 6.20 Å². The molecule has 0 aromatic carbocycles. The molecule has 0 radical (unpaired) electrons. The Bertz CT molecular complexity index is 333. The molecule has 0 amide bonds. The van der Waals surface area contributed by atoms with Gasteiger partial charge in [-0.05, 0) is 13.8 Å². The Balaban J connectivity index is 2.46. The molecule has 0 aliphatic heterocycles. The molecule has 1 aromatic rings. The maximum atomic E-state index is 5.94. The highest BCUT2D eigenvalue weighted by molar-refractivity contribution is 6.32. The maximum Gasteiger partial charge on any atom is 0.224 e. The van der Waals surface area contributed by atoms with Gasteiger partial charge in [-0.25, -0.2) is 4.98 Å². The van der Waals surface area contributed by atoms with E-state index >= 15 is 0 Å². The van der Waals surface area contributed by atoms with Gasteiger partial charge in [-0.2, -0.15) is 4.98 Å². The summed E-state index contributed by atoms with van der Waals surface area (Å²) in [6.07, 6.45) is 1.79. The fourth-order valence-corrected chi connectivity index (χ4v) is 1.23. The van der Waals surface area contributed by atoms with Crippen molar-refractivity contribution in [3.05, 3.63) is 11.2 Å². The number of aromatic nitrogens is 2. The number of ether oxygens (including phenoxy) is 1. The fourth-order valence-electron chi connectivity index (χ4n) is 1.08. The van der Waals surface area contributed by atoms with Crippen LogP contribution in [0.25, 0.3) is 0 Å².